The van der Waals surface area contributed by atoms with Crippen LogP contribution in [0.4, 0.5) is 33.6 Å². The maximum atomic E-state index is 13.2. The van der Waals surface area contributed by atoms with E-state index in [0.717, 1.165) is 18.6 Å². The zero-order valence-corrected chi connectivity index (χ0v) is 19.5. The Kier molecular flexibility index (Phi) is 7.94. The van der Waals surface area contributed by atoms with Crippen LogP contribution in [0.3, 0.4) is 0 Å². The normalized spacial score (nSPS) is 15.8. The molecule has 16 heteroatoms. The van der Waals surface area contributed by atoms with Crippen LogP contribution in [-0.4, -0.2) is 56.0 Å². The van der Waals surface area contributed by atoms with E-state index in [2.05, 4.69) is 30.5 Å². The molecule has 1 aliphatic rings. The van der Waals surface area contributed by atoms with Gasteiger partial charge in [0.2, 0.25) is 5.95 Å². The largest absolute Gasteiger partial charge is 0.423 e. The third kappa shape index (κ3) is 6.55. The van der Waals surface area contributed by atoms with Crippen LogP contribution in [0, 0.1) is 0 Å². The molecule has 1 aliphatic heterocycles. The average molecular weight is 530 g/mol. The highest BCUT2D eigenvalue weighted by Gasteiger charge is 2.37. The standard InChI is InChI=1S/C21H23F5N8O3/c1-11(30-14-8-29-32-19(35)16(14)21(24,25)26)9-36-10-15-31-18(33-37-15)12-2-4-34(5-3-12)20-27-6-13(7-28-20)17(22)23/h6-8,11-12,17H,2-5,9-10H2,1H3,(H2,30,32,35). The third-order valence-electron chi connectivity index (χ3n) is 5.67. The summed E-state index contributed by atoms with van der Waals surface area (Å²) < 4.78 is 75.5. The molecule has 1 atom stereocenters. The first-order valence-corrected chi connectivity index (χ1v) is 11.3. The summed E-state index contributed by atoms with van der Waals surface area (Å²) in [5, 5.41) is 11.8. The number of piperidine rings is 1. The number of aromatic nitrogens is 6. The fraction of sp³-hybridized carbons (Fsp3) is 0.524. The molecule has 0 amide bonds. The van der Waals surface area contributed by atoms with Crippen LogP contribution in [0.5, 0.6) is 0 Å². The third-order valence-corrected chi connectivity index (χ3v) is 5.67. The van der Waals surface area contributed by atoms with Gasteiger partial charge in [0.25, 0.3) is 17.9 Å². The SMILES string of the molecule is CC(COCc1nc(C2CCN(c3ncc(C(F)F)cn3)CC2)no1)Nc1cn[nH]c(=O)c1C(F)(F)F. The molecule has 4 heterocycles. The van der Waals surface area contributed by atoms with Gasteiger partial charge in [-0.2, -0.15) is 23.3 Å². The summed E-state index contributed by atoms with van der Waals surface area (Å²) in [6, 6.07) is -0.589. The predicted molar refractivity (Wildman–Crippen MR) is 118 cm³/mol. The summed E-state index contributed by atoms with van der Waals surface area (Å²) in [5.74, 6) is 1.11. The number of hydrogen-bond donors (Lipinski definition) is 2. The van der Waals surface area contributed by atoms with Crippen LogP contribution >= 0.6 is 0 Å². The van der Waals surface area contributed by atoms with Gasteiger partial charge in [-0.05, 0) is 19.8 Å². The summed E-state index contributed by atoms with van der Waals surface area (Å²) in [6.45, 7) is 2.68. The summed E-state index contributed by atoms with van der Waals surface area (Å²) in [6.07, 6.45) is -2.99. The van der Waals surface area contributed by atoms with Crippen molar-refractivity contribution in [3.8, 4) is 0 Å². The first kappa shape index (κ1) is 26.4. The van der Waals surface area contributed by atoms with Gasteiger partial charge in [0.05, 0.1) is 24.1 Å². The van der Waals surface area contributed by atoms with E-state index in [1.54, 1.807) is 12.0 Å². The van der Waals surface area contributed by atoms with Gasteiger partial charge in [0.1, 0.15) is 12.2 Å². The number of rotatable bonds is 9. The van der Waals surface area contributed by atoms with E-state index in [0.29, 0.717) is 37.7 Å². The first-order chi connectivity index (χ1) is 17.6. The number of nitrogens with zero attached hydrogens (tertiary/aromatic N) is 6. The Hall–Kier alpha value is -3.69. The number of hydrogen-bond acceptors (Lipinski definition) is 10. The van der Waals surface area contributed by atoms with Crippen LogP contribution in [0.1, 0.15) is 55.0 Å². The molecule has 1 saturated heterocycles. The minimum atomic E-state index is -4.85. The van der Waals surface area contributed by atoms with Crippen LogP contribution in [0.25, 0.3) is 0 Å². The molecule has 4 rings (SSSR count). The monoisotopic (exact) mass is 530 g/mol. The van der Waals surface area contributed by atoms with Crippen molar-refractivity contribution in [2.24, 2.45) is 0 Å². The maximum Gasteiger partial charge on any atom is 0.423 e. The Morgan fingerprint density at radius 3 is 2.57 bits per heavy atom. The van der Waals surface area contributed by atoms with Gasteiger partial charge < -0.3 is 19.5 Å². The van der Waals surface area contributed by atoms with Crippen molar-refractivity contribution < 1.29 is 31.2 Å². The highest BCUT2D eigenvalue weighted by Crippen LogP contribution is 2.32. The number of halogens is 5. The van der Waals surface area contributed by atoms with Gasteiger partial charge in [-0.3, -0.25) is 4.79 Å². The zero-order valence-electron chi connectivity index (χ0n) is 19.5. The molecule has 0 bridgehead atoms. The molecule has 37 heavy (non-hydrogen) atoms. The number of nitrogens with one attached hydrogen (secondary N) is 2. The Balaban J connectivity index is 1.24. The van der Waals surface area contributed by atoms with Gasteiger partial charge in [-0.25, -0.2) is 23.8 Å². The fourth-order valence-corrected chi connectivity index (χ4v) is 3.86. The second-order valence-corrected chi connectivity index (χ2v) is 8.47. The number of anilines is 2. The molecule has 11 nitrogen and oxygen atoms in total. The average Bonchev–Trinajstić information content (AvgIpc) is 3.32. The lowest BCUT2D eigenvalue weighted by atomic mass is 9.96. The second kappa shape index (κ2) is 11.1. The summed E-state index contributed by atoms with van der Waals surface area (Å²) in [7, 11) is 0. The predicted octanol–water partition coefficient (Wildman–Crippen LogP) is 3.30. The Morgan fingerprint density at radius 2 is 1.92 bits per heavy atom. The van der Waals surface area contributed by atoms with Crippen LogP contribution in [0.2, 0.25) is 0 Å². The fourth-order valence-electron chi connectivity index (χ4n) is 3.86. The number of ether oxygens (including phenoxy) is 1. The van der Waals surface area contributed by atoms with Gasteiger partial charge in [0.15, 0.2) is 5.82 Å². The molecule has 0 spiro atoms. The molecule has 1 unspecified atom stereocenters. The molecule has 1 fully saturated rings. The maximum absolute atomic E-state index is 13.2. The molecule has 2 N–H and O–H groups in total. The zero-order chi connectivity index (χ0) is 26.6. The van der Waals surface area contributed by atoms with Crippen molar-refractivity contribution >= 4 is 11.6 Å². The van der Waals surface area contributed by atoms with E-state index in [4.69, 9.17) is 9.26 Å². The van der Waals surface area contributed by atoms with E-state index in [1.807, 2.05) is 4.90 Å². The Labute approximate surface area is 206 Å². The van der Waals surface area contributed by atoms with Gasteiger partial charge in [0, 0.05) is 37.4 Å². The van der Waals surface area contributed by atoms with Crippen molar-refractivity contribution in [1.82, 2.24) is 30.3 Å². The van der Waals surface area contributed by atoms with E-state index in [-0.39, 0.29) is 30.6 Å². The van der Waals surface area contributed by atoms with E-state index in [1.165, 1.54) is 0 Å². The van der Waals surface area contributed by atoms with Crippen LogP contribution < -0.4 is 15.8 Å². The molecule has 0 aliphatic carbocycles. The molecule has 0 radical (unpaired) electrons. The lowest BCUT2D eigenvalue weighted by Gasteiger charge is -2.30. The lowest BCUT2D eigenvalue weighted by Crippen LogP contribution is -2.34. The van der Waals surface area contributed by atoms with E-state index < -0.39 is 35.5 Å². The quantitative estimate of drug-likeness (QED) is 0.397. The molecule has 200 valence electrons. The molecular formula is C21H23F5N8O3. The number of H-pyrrole nitrogens is 1. The van der Waals surface area contributed by atoms with Gasteiger partial charge in [-0.15, -0.1) is 0 Å². The topological polar surface area (TPSA) is 135 Å². The number of alkyl halides is 5. The highest BCUT2D eigenvalue weighted by atomic mass is 19.4. The Bertz CT molecular complexity index is 1230. The smallest absolute Gasteiger partial charge is 0.378 e. The van der Waals surface area contributed by atoms with Crippen molar-refractivity contribution in [2.45, 2.75) is 50.9 Å². The minimum absolute atomic E-state index is 0.00938. The molecular weight excluding hydrogens is 507 g/mol. The van der Waals surface area contributed by atoms with Crippen molar-refractivity contribution in [3.63, 3.8) is 0 Å². The van der Waals surface area contributed by atoms with Crippen LogP contribution in [0.15, 0.2) is 27.9 Å². The summed E-state index contributed by atoms with van der Waals surface area (Å²) in [4.78, 5) is 25.8. The summed E-state index contributed by atoms with van der Waals surface area (Å²) >= 11 is 0. The van der Waals surface area contributed by atoms with Crippen molar-refractivity contribution in [3.05, 3.63) is 51.8 Å². The molecule has 3 aromatic heterocycles. The van der Waals surface area contributed by atoms with Crippen molar-refractivity contribution in [1.29, 1.82) is 0 Å². The van der Waals surface area contributed by atoms with Crippen LogP contribution in [-0.2, 0) is 17.5 Å². The minimum Gasteiger partial charge on any atom is -0.378 e. The Morgan fingerprint density at radius 1 is 1.22 bits per heavy atom. The van der Waals surface area contributed by atoms with Crippen molar-refractivity contribution in [2.75, 3.05) is 29.9 Å². The molecule has 0 aromatic carbocycles. The molecule has 3 aromatic rings. The molecule has 0 saturated carbocycles. The van der Waals surface area contributed by atoms with E-state index >= 15 is 0 Å². The van der Waals surface area contributed by atoms with Gasteiger partial charge in [-0.1, -0.05) is 5.16 Å². The van der Waals surface area contributed by atoms with E-state index in [9.17, 15) is 26.7 Å². The lowest BCUT2D eigenvalue weighted by molar-refractivity contribution is -0.138. The first-order valence-electron chi connectivity index (χ1n) is 11.3. The highest BCUT2D eigenvalue weighted by molar-refractivity contribution is 5.50. The number of aromatic amines is 1. The second-order valence-electron chi connectivity index (χ2n) is 8.47. The van der Waals surface area contributed by atoms with Gasteiger partial charge >= 0.3 is 6.18 Å². The summed E-state index contributed by atoms with van der Waals surface area (Å²) in [5.41, 5.74) is -3.39.